The van der Waals surface area contributed by atoms with Crippen molar-refractivity contribution in [1.29, 1.82) is 0 Å². The number of pyridine rings is 1. The first-order valence-corrected chi connectivity index (χ1v) is 5.14. The maximum atomic E-state index is 10.8. The summed E-state index contributed by atoms with van der Waals surface area (Å²) in [6, 6.07) is 5.36. The van der Waals surface area contributed by atoms with Crippen LogP contribution in [0.2, 0.25) is 0 Å². The number of aromatic nitrogens is 1. The molecule has 1 aromatic rings. The molecule has 1 aromatic heterocycles. The lowest BCUT2D eigenvalue weighted by Crippen LogP contribution is -2.42. The van der Waals surface area contributed by atoms with Crippen LogP contribution in [0.3, 0.4) is 0 Å². The van der Waals surface area contributed by atoms with Crippen LogP contribution in [0.4, 0.5) is 0 Å². The van der Waals surface area contributed by atoms with Crippen LogP contribution in [0.25, 0.3) is 0 Å². The van der Waals surface area contributed by atoms with Gasteiger partial charge in [-0.3, -0.25) is 9.78 Å². The summed E-state index contributed by atoms with van der Waals surface area (Å²) >= 11 is 0. The Bertz CT molecular complexity index is 340. The van der Waals surface area contributed by atoms with Crippen LogP contribution in [0, 0.1) is 0 Å². The summed E-state index contributed by atoms with van der Waals surface area (Å²) in [4.78, 5) is 15.1. The Morgan fingerprint density at radius 3 is 3.07 bits per heavy atom. The molecular formula is C11H14N2O2. The van der Waals surface area contributed by atoms with Crippen LogP contribution >= 0.6 is 0 Å². The number of piperidine rings is 1. The Kier molecular flexibility index (Phi) is 2.97. The van der Waals surface area contributed by atoms with Crippen LogP contribution in [0.5, 0.6) is 0 Å². The number of hydrogen-bond acceptors (Lipinski definition) is 3. The average Bonchev–Trinajstić information content (AvgIpc) is 2.30. The minimum atomic E-state index is -0.768. The molecule has 1 fully saturated rings. The second-order valence-electron chi connectivity index (χ2n) is 3.82. The number of nitrogens with zero attached hydrogens (tertiary/aromatic N) is 1. The van der Waals surface area contributed by atoms with E-state index in [2.05, 4.69) is 10.3 Å². The van der Waals surface area contributed by atoms with Crippen molar-refractivity contribution in [3.8, 4) is 0 Å². The fourth-order valence-electron chi connectivity index (χ4n) is 1.99. The van der Waals surface area contributed by atoms with Crippen LogP contribution in [-0.2, 0) is 4.79 Å². The lowest BCUT2D eigenvalue weighted by molar-refractivity contribution is -0.140. The molecule has 0 aliphatic carbocycles. The molecule has 80 valence electrons. The molecule has 2 unspecified atom stereocenters. The van der Waals surface area contributed by atoms with Crippen molar-refractivity contribution >= 4 is 5.97 Å². The zero-order valence-electron chi connectivity index (χ0n) is 8.39. The van der Waals surface area contributed by atoms with Gasteiger partial charge in [0, 0.05) is 17.8 Å². The van der Waals surface area contributed by atoms with Crippen molar-refractivity contribution in [3.63, 3.8) is 0 Å². The van der Waals surface area contributed by atoms with E-state index in [1.54, 1.807) is 6.20 Å². The second kappa shape index (κ2) is 4.40. The predicted octanol–water partition coefficient (Wildman–Crippen LogP) is 1.00. The molecule has 0 saturated carbocycles. The van der Waals surface area contributed by atoms with Gasteiger partial charge in [-0.15, -0.1) is 0 Å². The summed E-state index contributed by atoms with van der Waals surface area (Å²) in [5.41, 5.74) is 1.00. The zero-order valence-corrected chi connectivity index (χ0v) is 8.39. The standard InChI is InChI=1S/C11H14N2O2/c14-11(15)10-7-8(4-6-13-10)9-3-1-2-5-12-9/h1-3,5,8,10,13H,4,6-7H2,(H,14,15). The summed E-state index contributed by atoms with van der Waals surface area (Å²) < 4.78 is 0. The van der Waals surface area contributed by atoms with Gasteiger partial charge in [-0.2, -0.15) is 0 Å². The maximum Gasteiger partial charge on any atom is 0.320 e. The Morgan fingerprint density at radius 2 is 2.40 bits per heavy atom. The van der Waals surface area contributed by atoms with E-state index in [0.29, 0.717) is 6.42 Å². The molecule has 4 heteroatoms. The quantitative estimate of drug-likeness (QED) is 0.757. The summed E-state index contributed by atoms with van der Waals surface area (Å²) in [6.45, 7) is 0.748. The predicted molar refractivity (Wildman–Crippen MR) is 55.6 cm³/mol. The largest absolute Gasteiger partial charge is 0.480 e. The van der Waals surface area contributed by atoms with E-state index >= 15 is 0 Å². The average molecular weight is 206 g/mol. The van der Waals surface area contributed by atoms with Gasteiger partial charge in [0.15, 0.2) is 0 Å². The van der Waals surface area contributed by atoms with Crippen LogP contribution < -0.4 is 5.32 Å². The van der Waals surface area contributed by atoms with Gasteiger partial charge in [0.05, 0.1) is 0 Å². The summed E-state index contributed by atoms with van der Waals surface area (Å²) in [5, 5.41) is 11.9. The molecule has 2 N–H and O–H groups in total. The first-order valence-electron chi connectivity index (χ1n) is 5.14. The molecule has 2 heterocycles. The van der Waals surface area contributed by atoms with Crippen molar-refractivity contribution in [2.24, 2.45) is 0 Å². The van der Waals surface area contributed by atoms with Gasteiger partial charge in [-0.25, -0.2) is 0 Å². The van der Waals surface area contributed by atoms with E-state index in [1.807, 2.05) is 18.2 Å². The first-order chi connectivity index (χ1) is 7.27. The molecule has 1 saturated heterocycles. The number of carbonyl (C=O) groups is 1. The van der Waals surface area contributed by atoms with E-state index < -0.39 is 12.0 Å². The molecule has 1 aliphatic rings. The molecule has 2 rings (SSSR count). The van der Waals surface area contributed by atoms with Crippen molar-refractivity contribution in [1.82, 2.24) is 10.3 Å². The Hall–Kier alpha value is -1.42. The minimum absolute atomic E-state index is 0.272. The highest BCUT2D eigenvalue weighted by Gasteiger charge is 2.27. The van der Waals surface area contributed by atoms with Crippen LogP contribution in [-0.4, -0.2) is 28.6 Å². The fourth-order valence-corrected chi connectivity index (χ4v) is 1.99. The van der Waals surface area contributed by atoms with Crippen molar-refractivity contribution < 1.29 is 9.90 Å². The van der Waals surface area contributed by atoms with Crippen LogP contribution in [0.15, 0.2) is 24.4 Å². The molecule has 2 atom stereocenters. The number of hydrogen-bond donors (Lipinski definition) is 2. The smallest absolute Gasteiger partial charge is 0.320 e. The SMILES string of the molecule is O=C(O)C1CC(c2ccccn2)CCN1. The molecular weight excluding hydrogens is 192 g/mol. The second-order valence-corrected chi connectivity index (χ2v) is 3.82. The van der Waals surface area contributed by atoms with Gasteiger partial charge in [-0.05, 0) is 31.5 Å². The first kappa shape index (κ1) is 10.1. The van der Waals surface area contributed by atoms with Gasteiger partial charge in [0.1, 0.15) is 6.04 Å². The summed E-state index contributed by atoms with van der Waals surface area (Å²) in [5.74, 6) is -0.496. The van der Waals surface area contributed by atoms with Crippen molar-refractivity contribution in [2.45, 2.75) is 24.8 Å². The highest BCUT2D eigenvalue weighted by atomic mass is 16.4. The van der Waals surface area contributed by atoms with E-state index in [9.17, 15) is 4.79 Å². The number of aliphatic carboxylic acids is 1. The minimum Gasteiger partial charge on any atom is -0.480 e. The Morgan fingerprint density at radius 1 is 1.53 bits per heavy atom. The number of carboxylic acids is 1. The van der Waals surface area contributed by atoms with Crippen molar-refractivity contribution in [2.75, 3.05) is 6.54 Å². The third kappa shape index (κ3) is 2.33. The summed E-state index contributed by atoms with van der Waals surface area (Å²) in [7, 11) is 0. The molecule has 0 bridgehead atoms. The van der Waals surface area contributed by atoms with Crippen LogP contribution in [0.1, 0.15) is 24.5 Å². The van der Waals surface area contributed by atoms with E-state index in [0.717, 1.165) is 18.7 Å². The van der Waals surface area contributed by atoms with Gasteiger partial charge in [-0.1, -0.05) is 6.07 Å². The fraction of sp³-hybridized carbons (Fsp3) is 0.455. The molecule has 15 heavy (non-hydrogen) atoms. The zero-order chi connectivity index (χ0) is 10.7. The van der Waals surface area contributed by atoms with E-state index in [1.165, 1.54) is 0 Å². The van der Waals surface area contributed by atoms with Crippen molar-refractivity contribution in [3.05, 3.63) is 30.1 Å². The number of carboxylic acid groups (broad SMARTS) is 1. The third-order valence-corrected chi connectivity index (χ3v) is 2.81. The van der Waals surface area contributed by atoms with E-state index in [-0.39, 0.29) is 5.92 Å². The lowest BCUT2D eigenvalue weighted by atomic mass is 9.89. The topological polar surface area (TPSA) is 62.2 Å². The lowest BCUT2D eigenvalue weighted by Gasteiger charge is -2.27. The monoisotopic (exact) mass is 206 g/mol. The summed E-state index contributed by atoms with van der Waals surface area (Å²) in [6.07, 6.45) is 3.35. The van der Waals surface area contributed by atoms with E-state index in [4.69, 9.17) is 5.11 Å². The van der Waals surface area contributed by atoms with Gasteiger partial charge < -0.3 is 10.4 Å². The highest BCUT2D eigenvalue weighted by Crippen LogP contribution is 2.25. The number of nitrogens with one attached hydrogen (secondary N) is 1. The molecule has 0 amide bonds. The third-order valence-electron chi connectivity index (χ3n) is 2.81. The molecule has 0 aromatic carbocycles. The van der Waals surface area contributed by atoms with Gasteiger partial charge >= 0.3 is 5.97 Å². The Balaban J connectivity index is 2.08. The normalized spacial score (nSPS) is 26.1. The van der Waals surface area contributed by atoms with Gasteiger partial charge in [0.2, 0.25) is 0 Å². The molecule has 0 spiro atoms. The molecule has 1 aliphatic heterocycles. The van der Waals surface area contributed by atoms with Gasteiger partial charge in [0.25, 0.3) is 0 Å². The molecule has 0 radical (unpaired) electrons. The Labute approximate surface area is 88.3 Å². The maximum absolute atomic E-state index is 10.8. The number of rotatable bonds is 2. The molecule has 4 nitrogen and oxygen atoms in total. The highest BCUT2D eigenvalue weighted by molar-refractivity contribution is 5.73.